The lowest BCUT2D eigenvalue weighted by molar-refractivity contribution is -0.123. The van der Waals surface area contributed by atoms with Gasteiger partial charge in [-0.05, 0) is 64.6 Å². The highest BCUT2D eigenvalue weighted by atomic mass is 127. The van der Waals surface area contributed by atoms with E-state index in [1.165, 1.54) is 6.21 Å². The molecule has 108 valence electrons. The number of carbonyl (C=O) groups excluding carboxylic acids is 1. The highest BCUT2D eigenvalue weighted by Gasteiger charge is 2.01. The van der Waals surface area contributed by atoms with Crippen LogP contribution in [0.2, 0.25) is 5.02 Å². The van der Waals surface area contributed by atoms with Crippen molar-refractivity contribution in [3.05, 3.63) is 62.7 Å². The lowest BCUT2D eigenvalue weighted by Gasteiger charge is -2.04. The summed E-state index contributed by atoms with van der Waals surface area (Å²) in [6.07, 6.45) is 1.52. The van der Waals surface area contributed by atoms with Crippen LogP contribution in [0.5, 0.6) is 5.75 Å². The van der Waals surface area contributed by atoms with Crippen molar-refractivity contribution in [3.8, 4) is 5.75 Å². The van der Waals surface area contributed by atoms with E-state index in [0.29, 0.717) is 10.8 Å². The Balaban J connectivity index is 1.78. The molecular weight excluding hydrogens is 403 g/mol. The smallest absolute Gasteiger partial charge is 0.277 e. The summed E-state index contributed by atoms with van der Waals surface area (Å²) in [4.78, 5) is 11.6. The number of hydrogen-bond donors (Lipinski definition) is 1. The van der Waals surface area contributed by atoms with Gasteiger partial charge >= 0.3 is 0 Å². The number of halogens is 2. The average molecular weight is 415 g/mol. The third-order valence-electron chi connectivity index (χ3n) is 2.44. The molecule has 0 aliphatic carbocycles. The molecule has 0 unspecified atom stereocenters. The van der Waals surface area contributed by atoms with Crippen LogP contribution in [0.3, 0.4) is 0 Å². The third kappa shape index (κ3) is 5.73. The van der Waals surface area contributed by atoms with Gasteiger partial charge in [-0.3, -0.25) is 4.79 Å². The van der Waals surface area contributed by atoms with E-state index in [-0.39, 0.29) is 12.5 Å². The highest BCUT2D eigenvalue weighted by Crippen LogP contribution is 2.13. The van der Waals surface area contributed by atoms with Crippen LogP contribution < -0.4 is 10.2 Å². The number of nitrogens with one attached hydrogen (secondary N) is 1. The second-order valence-corrected chi connectivity index (χ2v) is 5.77. The molecule has 0 aliphatic rings. The van der Waals surface area contributed by atoms with E-state index in [1.807, 2.05) is 36.4 Å². The van der Waals surface area contributed by atoms with Crippen LogP contribution in [0.4, 0.5) is 0 Å². The molecule has 0 radical (unpaired) electrons. The minimum Gasteiger partial charge on any atom is -0.484 e. The minimum absolute atomic E-state index is 0.0898. The zero-order chi connectivity index (χ0) is 15.1. The Kier molecular flexibility index (Phi) is 6.01. The van der Waals surface area contributed by atoms with Crippen LogP contribution in [-0.2, 0) is 4.79 Å². The number of hydrogen-bond acceptors (Lipinski definition) is 3. The van der Waals surface area contributed by atoms with Gasteiger partial charge in [0.1, 0.15) is 5.75 Å². The van der Waals surface area contributed by atoms with Crippen LogP contribution in [0.25, 0.3) is 0 Å². The van der Waals surface area contributed by atoms with Crippen molar-refractivity contribution in [2.24, 2.45) is 5.10 Å². The molecule has 1 N–H and O–H groups in total. The van der Waals surface area contributed by atoms with Gasteiger partial charge in [0.05, 0.1) is 6.21 Å². The van der Waals surface area contributed by atoms with Gasteiger partial charge in [0.15, 0.2) is 6.61 Å². The molecular formula is C15H12ClIN2O2. The molecule has 0 saturated carbocycles. The van der Waals surface area contributed by atoms with E-state index >= 15 is 0 Å². The van der Waals surface area contributed by atoms with Gasteiger partial charge < -0.3 is 4.74 Å². The first-order chi connectivity index (χ1) is 10.1. The molecule has 1 amide bonds. The number of ether oxygens (including phenoxy) is 1. The summed E-state index contributed by atoms with van der Waals surface area (Å²) in [5.74, 6) is 0.316. The molecule has 0 saturated heterocycles. The fourth-order valence-corrected chi connectivity index (χ4v) is 2.04. The van der Waals surface area contributed by atoms with Gasteiger partial charge in [-0.1, -0.05) is 23.7 Å². The third-order valence-corrected chi connectivity index (χ3v) is 3.39. The molecule has 0 aromatic heterocycles. The zero-order valence-electron chi connectivity index (χ0n) is 10.9. The van der Waals surface area contributed by atoms with Gasteiger partial charge in [-0.15, -0.1) is 0 Å². The van der Waals surface area contributed by atoms with Crippen molar-refractivity contribution in [3.63, 3.8) is 0 Å². The van der Waals surface area contributed by atoms with Crippen molar-refractivity contribution in [1.82, 2.24) is 5.43 Å². The summed E-state index contributed by atoms with van der Waals surface area (Å²) in [6.45, 7) is -0.0898. The topological polar surface area (TPSA) is 50.7 Å². The summed E-state index contributed by atoms with van der Waals surface area (Å²) in [5.41, 5.74) is 3.20. The summed E-state index contributed by atoms with van der Waals surface area (Å²) in [6, 6.07) is 14.6. The van der Waals surface area contributed by atoms with Crippen molar-refractivity contribution in [2.75, 3.05) is 6.61 Å². The monoisotopic (exact) mass is 414 g/mol. The molecule has 0 aliphatic heterocycles. The van der Waals surface area contributed by atoms with Crippen LogP contribution in [0.1, 0.15) is 5.56 Å². The van der Waals surface area contributed by atoms with Gasteiger partial charge in [0.25, 0.3) is 5.91 Å². The quantitative estimate of drug-likeness (QED) is 0.463. The summed E-state index contributed by atoms with van der Waals surface area (Å²) in [7, 11) is 0. The average Bonchev–Trinajstić information content (AvgIpc) is 2.47. The minimum atomic E-state index is -0.327. The molecule has 2 rings (SSSR count). The Morgan fingerprint density at radius 3 is 2.76 bits per heavy atom. The van der Waals surface area contributed by atoms with Crippen molar-refractivity contribution in [2.45, 2.75) is 0 Å². The van der Waals surface area contributed by atoms with E-state index in [4.69, 9.17) is 16.3 Å². The standard InChI is InChI=1S/C15H12ClIN2O2/c16-12-3-1-2-11(8-12)9-18-19-15(20)10-21-14-6-4-13(17)5-7-14/h1-9H,10H2,(H,19,20)/b18-9+. The summed E-state index contributed by atoms with van der Waals surface area (Å²) in [5, 5.41) is 4.46. The molecule has 21 heavy (non-hydrogen) atoms. The first-order valence-corrected chi connectivity index (χ1v) is 7.55. The normalized spacial score (nSPS) is 10.6. The number of carbonyl (C=O) groups is 1. The predicted octanol–water partition coefficient (Wildman–Crippen LogP) is 3.47. The van der Waals surface area contributed by atoms with Gasteiger partial charge in [0, 0.05) is 8.59 Å². The number of nitrogens with zero attached hydrogens (tertiary/aromatic N) is 1. The molecule has 0 heterocycles. The van der Waals surface area contributed by atoms with E-state index in [1.54, 1.807) is 12.1 Å². The molecule has 0 bridgehead atoms. The first kappa shape index (κ1) is 15.8. The second kappa shape index (κ2) is 7.99. The molecule has 4 nitrogen and oxygen atoms in total. The van der Waals surface area contributed by atoms with Gasteiger partial charge in [0.2, 0.25) is 0 Å². The molecule has 0 atom stereocenters. The molecule has 2 aromatic rings. The Labute approximate surface area is 141 Å². The first-order valence-electron chi connectivity index (χ1n) is 6.09. The van der Waals surface area contributed by atoms with Gasteiger partial charge in [-0.2, -0.15) is 5.10 Å². The Bertz CT molecular complexity index is 644. The summed E-state index contributed by atoms with van der Waals surface area (Å²) >= 11 is 8.05. The number of hydrazone groups is 1. The number of rotatable bonds is 5. The van der Waals surface area contributed by atoms with Crippen LogP contribution in [0, 0.1) is 3.57 Å². The maximum atomic E-state index is 11.6. The number of amides is 1. The predicted molar refractivity (Wildman–Crippen MR) is 91.8 cm³/mol. The molecule has 6 heteroatoms. The summed E-state index contributed by atoms with van der Waals surface area (Å²) < 4.78 is 6.44. The largest absolute Gasteiger partial charge is 0.484 e. The fourth-order valence-electron chi connectivity index (χ4n) is 1.48. The van der Waals surface area contributed by atoms with Crippen LogP contribution in [-0.4, -0.2) is 18.7 Å². The lowest BCUT2D eigenvalue weighted by Crippen LogP contribution is -2.24. The fraction of sp³-hybridized carbons (Fsp3) is 0.0667. The maximum absolute atomic E-state index is 11.6. The Morgan fingerprint density at radius 2 is 2.05 bits per heavy atom. The van der Waals surface area contributed by atoms with Crippen LogP contribution in [0.15, 0.2) is 53.6 Å². The SMILES string of the molecule is O=C(COc1ccc(I)cc1)N/N=C/c1cccc(Cl)c1. The van der Waals surface area contributed by atoms with Gasteiger partial charge in [-0.25, -0.2) is 5.43 Å². The van der Waals surface area contributed by atoms with Crippen molar-refractivity contribution in [1.29, 1.82) is 0 Å². The van der Waals surface area contributed by atoms with Crippen LogP contribution >= 0.6 is 34.2 Å². The number of benzene rings is 2. The maximum Gasteiger partial charge on any atom is 0.277 e. The molecule has 2 aromatic carbocycles. The second-order valence-electron chi connectivity index (χ2n) is 4.09. The van der Waals surface area contributed by atoms with Crippen molar-refractivity contribution >= 4 is 46.3 Å². The van der Waals surface area contributed by atoms with E-state index in [2.05, 4.69) is 33.1 Å². The van der Waals surface area contributed by atoms with E-state index in [0.717, 1.165) is 9.13 Å². The van der Waals surface area contributed by atoms with E-state index in [9.17, 15) is 4.79 Å². The lowest BCUT2D eigenvalue weighted by atomic mass is 10.2. The molecule has 0 fully saturated rings. The van der Waals surface area contributed by atoms with E-state index < -0.39 is 0 Å². The highest BCUT2D eigenvalue weighted by molar-refractivity contribution is 14.1. The Hall–Kier alpha value is -1.60. The zero-order valence-corrected chi connectivity index (χ0v) is 13.8. The Morgan fingerprint density at radius 1 is 1.29 bits per heavy atom. The van der Waals surface area contributed by atoms with Crippen molar-refractivity contribution < 1.29 is 9.53 Å². The molecule has 0 spiro atoms.